The molecule has 2 aromatic carbocycles. The Bertz CT molecular complexity index is 570. The maximum atomic E-state index is 6.10. The Hall–Kier alpha value is -1.22. The molecule has 0 amide bonds. The average molecular weight is 282 g/mol. The fraction of sp³-hybridized carbons (Fsp3) is 0.143. The Morgan fingerprint density at radius 2 is 1.83 bits per heavy atom. The number of ether oxygens (including phenoxy) is 1. The first kappa shape index (κ1) is 13.2. The molecule has 0 aliphatic heterocycles. The van der Waals surface area contributed by atoms with Crippen LogP contribution in [-0.2, 0) is 6.54 Å². The predicted molar refractivity (Wildman–Crippen MR) is 75.6 cm³/mol. The number of rotatable bonds is 3. The molecule has 4 heteroatoms. The molecule has 0 saturated carbocycles. The van der Waals surface area contributed by atoms with E-state index in [2.05, 4.69) is 0 Å². The van der Waals surface area contributed by atoms with E-state index in [1.54, 1.807) is 18.2 Å². The van der Waals surface area contributed by atoms with Crippen molar-refractivity contribution in [2.24, 2.45) is 5.73 Å². The van der Waals surface area contributed by atoms with Crippen LogP contribution in [0.3, 0.4) is 0 Å². The van der Waals surface area contributed by atoms with Crippen molar-refractivity contribution in [2.45, 2.75) is 13.5 Å². The number of benzene rings is 2. The highest BCUT2D eigenvalue weighted by Crippen LogP contribution is 2.36. The first-order valence-corrected chi connectivity index (χ1v) is 6.29. The number of nitrogens with two attached hydrogens (primary N) is 1. The molecule has 0 spiro atoms. The second-order valence-electron chi connectivity index (χ2n) is 3.92. The second kappa shape index (κ2) is 5.61. The molecule has 94 valence electrons. The fourth-order valence-electron chi connectivity index (χ4n) is 1.69. The van der Waals surface area contributed by atoms with Crippen LogP contribution in [0.1, 0.15) is 11.1 Å². The Morgan fingerprint density at radius 1 is 1.11 bits per heavy atom. The molecule has 0 aliphatic rings. The summed E-state index contributed by atoms with van der Waals surface area (Å²) in [6.45, 7) is 2.38. The normalized spacial score (nSPS) is 10.4. The van der Waals surface area contributed by atoms with E-state index in [4.69, 9.17) is 33.7 Å². The van der Waals surface area contributed by atoms with E-state index in [9.17, 15) is 0 Å². The third kappa shape index (κ3) is 2.61. The quantitative estimate of drug-likeness (QED) is 0.896. The van der Waals surface area contributed by atoms with Gasteiger partial charge in [-0.25, -0.2) is 0 Å². The molecule has 0 fully saturated rings. The Balaban J connectivity index is 2.43. The van der Waals surface area contributed by atoms with Crippen molar-refractivity contribution in [2.75, 3.05) is 0 Å². The third-order valence-corrected chi connectivity index (χ3v) is 3.44. The lowest BCUT2D eigenvalue weighted by atomic mass is 10.1. The number of hydrogen-bond donors (Lipinski definition) is 1. The van der Waals surface area contributed by atoms with Gasteiger partial charge < -0.3 is 10.5 Å². The summed E-state index contributed by atoms with van der Waals surface area (Å²) < 4.78 is 5.85. The van der Waals surface area contributed by atoms with E-state index in [0.717, 1.165) is 16.9 Å². The van der Waals surface area contributed by atoms with Crippen LogP contribution in [0.15, 0.2) is 36.4 Å². The van der Waals surface area contributed by atoms with Gasteiger partial charge >= 0.3 is 0 Å². The maximum Gasteiger partial charge on any atom is 0.147 e. The topological polar surface area (TPSA) is 35.2 Å². The zero-order valence-electron chi connectivity index (χ0n) is 9.91. The zero-order chi connectivity index (χ0) is 13.1. The van der Waals surface area contributed by atoms with Gasteiger partial charge in [-0.2, -0.15) is 0 Å². The van der Waals surface area contributed by atoms with E-state index in [-0.39, 0.29) is 0 Å². The minimum Gasteiger partial charge on any atom is -0.455 e. The average Bonchev–Trinajstić information content (AvgIpc) is 2.37. The zero-order valence-corrected chi connectivity index (χ0v) is 11.4. The second-order valence-corrected chi connectivity index (χ2v) is 4.71. The lowest BCUT2D eigenvalue weighted by Crippen LogP contribution is -2.01. The molecule has 18 heavy (non-hydrogen) atoms. The molecule has 0 aliphatic carbocycles. The van der Waals surface area contributed by atoms with Crippen LogP contribution in [0, 0.1) is 6.92 Å². The van der Waals surface area contributed by atoms with Crippen molar-refractivity contribution in [3.05, 3.63) is 57.6 Å². The summed E-state index contributed by atoms with van der Waals surface area (Å²) in [7, 11) is 0. The Kier molecular flexibility index (Phi) is 4.12. The number of aryl methyl sites for hydroxylation is 1. The Morgan fingerprint density at radius 3 is 2.56 bits per heavy atom. The highest BCUT2D eigenvalue weighted by Gasteiger charge is 2.11. The van der Waals surface area contributed by atoms with Gasteiger partial charge in [0, 0.05) is 12.1 Å². The van der Waals surface area contributed by atoms with Crippen molar-refractivity contribution in [3.63, 3.8) is 0 Å². The van der Waals surface area contributed by atoms with Gasteiger partial charge in [-0.1, -0.05) is 47.5 Å². The van der Waals surface area contributed by atoms with Crippen LogP contribution in [0.5, 0.6) is 11.5 Å². The summed E-state index contributed by atoms with van der Waals surface area (Å²) in [5, 5.41) is 0.877. The van der Waals surface area contributed by atoms with E-state index in [1.165, 1.54) is 0 Å². The van der Waals surface area contributed by atoms with Crippen LogP contribution in [0.4, 0.5) is 0 Å². The molecular weight excluding hydrogens is 269 g/mol. The molecule has 2 aromatic rings. The van der Waals surface area contributed by atoms with Crippen LogP contribution >= 0.6 is 23.2 Å². The van der Waals surface area contributed by atoms with E-state index < -0.39 is 0 Å². The van der Waals surface area contributed by atoms with Gasteiger partial charge in [0.05, 0.1) is 5.02 Å². The van der Waals surface area contributed by atoms with Crippen molar-refractivity contribution in [3.8, 4) is 11.5 Å². The minimum absolute atomic E-state index is 0.408. The summed E-state index contributed by atoms with van der Waals surface area (Å²) >= 11 is 12.1. The largest absolute Gasteiger partial charge is 0.455 e. The fourth-order valence-corrected chi connectivity index (χ4v) is 2.02. The summed E-state index contributed by atoms with van der Waals surface area (Å²) in [5.74, 6) is 1.28. The van der Waals surface area contributed by atoms with Gasteiger partial charge in [-0.05, 0) is 24.6 Å². The van der Waals surface area contributed by atoms with Crippen molar-refractivity contribution >= 4 is 23.2 Å². The summed E-state index contributed by atoms with van der Waals surface area (Å²) in [6.07, 6.45) is 0. The van der Waals surface area contributed by atoms with Crippen LogP contribution in [-0.4, -0.2) is 0 Å². The standard InChI is InChI=1S/C14H13Cl2NO/c1-9-4-2-5-10(8-17)14(9)18-12-7-3-6-11(15)13(12)16/h2-7H,8,17H2,1H3. The molecule has 0 aromatic heterocycles. The lowest BCUT2D eigenvalue weighted by molar-refractivity contribution is 0.473. The van der Waals surface area contributed by atoms with Crippen LogP contribution in [0.25, 0.3) is 0 Å². The van der Waals surface area contributed by atoms with Gasteiger partial charge in [0.15, 0.2) is 0 Å². The molecule has 2 N–H and O–H groups in total. The smallest absolute Gasteiger partial charge is 0.147 e. The molecule has 0 saturated heterocycles. The van der Waals surface area contributed by atoms with Gasteiger partial charge in [-0.15, -0.1) is 0 Å². The predicted octanol–water partition coefficient (Wildman–Crippen LogP) is 4.55. The van der Waals surface area contributed by atoms with E-state index >= 15 is 0 Å². The highest BCUT2D eigenvalue weighted by molar-refractivity contribution is 6.42. The number of para-hydroxylation sites is 1. The molecular formula is C14H13Cl2NO. The van der Waals surface area contributed by atoms with E-state index in [0.29, 0.717) is 22.3 Å². The summed E-state index contributed by atoms with van der Waals surface area (Å²) in [6, 6.07) is 11.1. The SMILES string of the molecule is Cc1cccc(CN)c1Oc1cccc(Cl)c1Cl. The summed E-state index contributed by atoms with van der Waals surface area (Å²) in [5.41, 5.74) is 7.65. The lowest BCUT2D eigenvalue weighted by Gasteiger charge is -2.14. The van der Waals surface area contributed by atoms with Crippen molar-refractivity contribution in [1.82, 2.24) is 0 Å². The highest BCUT2D eigenvalue weighted by atomic mass is 35.5. The van der Waals surface area contributed by atoms with Gasteiger partial charge in [0.1, 0.15) is 16.5 Å². The monoisotopic (exact) mass is 281 g/mol. The van der Waals surface area contributed by atoms with E-state index in [1.807, 2.05) is 25.1 Å². The maximum absolute atomic E-state index is 6.10. The molecule has 2 rings (SSSR count). The van der Waals surface area contributed by atoms with Crippen LogP contribution < -0.4 is 10.5 Å². The van der Waals surface area contributed by atoms with Gasteiger partial charge in [0.25, 0.3) is 0 Å². The number of hydrogen-bond acceptors (Lipinski definition) is 2. The molecule has 0 bridgehead atoms. The van der Waals surface area contributed by atoms with Crippen molar-refractivity contribution in [1.29, 1.82) is 0 Å². The Labute approximate surface area is 116 Å². The third-order valence-electron chi connectivity index (χ3n) is 2.64. The number of halogens is 2. The molecule has 0 radical (unpaired) electrons. The molecule has 0 unspecified atom stereocenters. The first-order chi connectivity index (χ1) is 8.63. The summed E-state index contributed by atoms with van der Waals surface area (Å²) in [4.78, 5) is 0. The molecule has 0 atom stereocenters. The molecule has 2 nitrogen and oxygen atoms in total. The van der Waals surface area contributed by atoms with Gasteiger partial charge in [0.2, 0.25) is 0 Å². The molecule has 0 heterocycles. The van der Waals surface area contributed by atoms with Crippen LogP contribution in [0.2, 0.25) is 10.0 Å². The van der Waals surface area contributed by atoms with Gasteiger partial charge in [-0.3, -0.25) is 0 Å². The van der Waals surface area contributed by atoms with Crippen molar-refractivity contribution < 1.29 is 4.74 Å². The minimum atomic E-state index is 0.408. The first-order valence-electron chi connectivity index (χ1n) is 5.54.